The number of para-hydroxylation sites is 1. The lowest BCUT2D eigenvalue weighted by atomic mass is 10.0. The molecule has 0 aliphatic heterocycles. The Morgan fingerprint density at radius 2 is 1.78 bits per heavy atom. The summed E-state index contributed by atoms with van der Waals surface area (Å²) in [5.41, 5.74) is 1.77. The van der Waals surface area contributed by atoms with E-state index < -0.39 is 31.3 Å². The predicted octanol–water partition coefficient (Wildman–Crippen LogP) is 6.94. The molecule has 0 bridgehead atoms. The van der Waals surface area contributed by atoms with Crippen molar-refractivity contribution in [2.24, 2.45) is 5.92 Å². The number of halogens is 4. The number of alkyl halides is 2. The molecule has 1 aliphatic rings. The molecule has 5 rings (SSSR count). The molecule has 2 aromatic carbocycles. The van der Waals surface area contributed by atoms with Crippen LogP contribution in [0.3, 0.4) is 0 Å². The number of aromatic amines is 1. The van der Waals surface area contributed by atoms with Gasteiger partial charge < -0.3 is 23.9 Å². The van der Waals surface area contributed by atoms with Crippen LogP contribution in [0.1, 0.15) is 40.6 Å². The number of rotatable bonds is 12. The number of pyridine rings is 1. The topological polar surface area (TPSA) is 99.7 Å². The third kappa shape index (κ3) is 7.45. The maximum atomic E-state index is 13.0. The third-order valence-corrected chi connectivity index (χ3v) is 7.07. The summed E-state index contributed by atoms with van der Waals surface area (Å²) in [6.07, 6.45) is 3.78. The van der Waals surface area contributed by atoms with E-state index in [2.05, 4.69) is 14.7 Å². The van der Waals surface area contributed by atoms with Gasteiger partial charge in [0.1, 0.15) is 11.8 Å². The Bertz CT molecular complexity index is 1510. The molecule has 2 aromatic heterocycles. The lowest BCUT2D eigenvalue weighted by molar-refractivity contribution is -0.153. The van der Waals surface area contributed by atoms with Crippen LogP contribution >= 0.6 is 23.2 Å². The Balaban J connectivity index is 1.35. The van der Waals surface area contributed by atoms with E-state index in [0.29, 0.717) is 23.7 Å². The molecule has 4 aromatic rings. The number of fused-ring (bicyclic) bond motifs is 1. The summed E-state index contributed by atoms with van der Waals surface area (Å²) >= 11 is 12.6. The fourth-order valence-electron chi connectivity index (χ4n) is 4.15. The molecule has 0 amide bonds. The summed E-state index contributed by atoms with van der Waals surface area (Å²) < 4.78 is 47.3. The van der Waals surface area contributed by atoms with Gasteiger partial charge in [0.2, 0.25) is 0 Å². The fourth-order valence-corrected chi connectivity index (χ4v) is 4.67. The first-order valence-electron chi connectivity index (χ1n) is 12.7. The van der Waals surface area contributed by atoms with Crippen molar-refractivity contribution in [1.29, 1.82) is 0 Å². The molecule has 1 atom stereocenters. The highest BCUT2D eigenvalue weighted by Crippen LogP contribution is 2.38. The SMILES string of the molecule is O=C(COC(=O)c1cc2ccccc2[nH]1)O[C@@H](Cc1c(Cl)cncc1Cl)c1ccc(OC(F)F)c(OCC2CC2)c1. The Morgan fingerprint density at radius 3 is 2.49 bits per heavy atom. The first-order valence-corrected chi connectivity index (χ1v) is 13.5. The average molecular weight is 605 g/mol. The molecule has 41 heavy (non-hydrogen) atoms. The minimum atomic E-state index is -3.06. The number of hydrogen-bond acceptors (Lipinski definition) is 7. The highest BCUT2D eigenvalue weighted by molar-refractivity contribution is 6.35. The molecule has 0 saturated heterocycles. The van der Waals surface area contributed by atoms with Crippen LogP contribution in [0.5, 0.6) is 11.5 Å². The molecule has 1 N–H and O–H groups in total. The van der Waals surface area contributed by atoms with Gasteiger partial charge in [-0.25, -0.2) is 9.59 Å². The summed E-state index contributed by atoms with van der Waals surface area (Å²) in [4.78, 5) is 32.3. The molecule has 0 radical (unpaired) electrons. The second kappa shape index (κ2) is 12.7. The zero-order valence-corrected chi connectivity index (χ0v) is 23.0. The van der Waals surface area contributed by atoms with Crippen molar-refractivity contribution in [2.75, 3.05) is 13.2 Å². The van der Waals surface area contributed by atoms with Crippen LogP contribution in [-0.2, 0) is 20.7 Å². The van der Waals surface area contributed by atoms with Crippen molar-refractivity contribution in [1.82, 2.24) is 9.97 Å². The lowest BCUT2D eigenvalue weighted by Crippen LogP contribution is -2.21. The first-order chi connectivity index (χ1) is 19.8. The Kier molecular flexibility index (Phi) is 8.90. The Labute approximate surface area is 243 Å². The number of carbonyl (C=O) groups is 2. The van der Waals surface area contributed by atoms with E-state index in [1.807, 2.05) is 18.2 Å². The van der Waals surface area contributed by atoms with Crippen molar-refractivity contribution in [3.05, 3.63) is 87.8 Å². The predicted molar refractivity (Wildman–Crippen MR) is 147 cm³/mol. The van der Waals surface area contributed by atoms with Gasteiger partial charge in [-0.1, -0.05) is 47.5 Å². The number of hydrogen-bond donors (Lipinski definition) is 1. The maximum Gasteiger partial charge on any atom is 0.387 e. The van der Waals surface area contributed by atoms with Gasteiger partial charge in [0.15, 0.2) is 18.1 Å². The highest BCUT2D eigenvalue weighted by Gasteiger charge is 2.26. The molecule has 0 spiro atoms. The summed E-state index contributed by atoms with van der Waals surface area (Å²) in [6, 6.07) is 13.2. The lowest BCUT2D eigenvalue weighted by Gasteiger charge is -2.21. The zero-order valence-electron chi connectivity index (χ0n) is 21.4. The van der Waals surface area contributed by atoms with E-state index in [0.717, 1.165) is 23.7 Å². The molecular formula is C29H24Cl2F2N2O6. The van der Waals surface area contributed by atoms with E-state index in [1.165, 1.54) is 30.6 Å². The first kappa shape index (κ1) is 28.6. The van der Waals surface area contributed by atoms with Gasteiger partial charge in [0.25, 0.3) is 0 Å². The molecule has 1 aliphatic carbocycles. The molecule has 0 unspecified atom stereocenters. The number of ether oxygens (including phenoxy) is 4. The monoisotopic (exact) mass is 604 g/mol. The maximum absolute atomic E-state index is 13.0. The van der Waals surface area contributed by atoms with E-state index in [1.54, 1.807) is 12.1 Å². The largest absolute Gasteiger partial charge is 0.489 e. The average Bonchev–Trinajstić information content (AvgIpc) is 3.67. The number of carbonyl (C=O) groups excluding carboxylic acids is 2. The molecule has 8 nitrogen and oxygen atoms in total. The summed E-state index contributed by atoms with van der Waals surface area (Å²) in [7, 11) is 0. The van der Waals surface area contributed by atoms with Crippen LogP contribution < -0.4 is 9.47 Å². The van der Waals surface area contributed by atoms with E-state index in [-0.39, 0.29) is 33.7 Å². The van der Waals surface area contributed by atoms with E-state index in [9.17, 15) is 18.4 Å². The molecule has 2 heterocycles. The van der Waals surface area contributed by atoms with E-state index >= 15 is 0 Å². The van der Waals surface area contributed by atoms with Crippen LogP contribution in [-0.4, -0.2) is 41.7 Å². The molecule has 1 fully saturated rings. The third-order valence-electron chi connectivity index (χ3n) is 6.41. The molecule has 214 valence electrons. The number of H-pyrrole nitrogens is 1. The quantitative estimate of drug-likeness (QED) is 0.175. The van der Waals surface area contributed by atoms with Gasteiger partial charge in [-0.05, 0) is 54.2 Å². The van der Waals surface area contributed by atoms with Gasteiger partial charge in [-0.2, -0.15) is 8.78 Å². The van der Waals surface area contributed by atoms with Crippen molar-refractivity contribution in [3.8, 4) is 11.5 Å². The van der Waals surface area contributed by atoms with Gasteiger partial charge in [0, 0.05) is 29.7 Å². The number of esters is 2. The summed E-state index contributed by atoms with van der Waals surface area (Å²) in [6.45, 7) is -3.40. The number of aromatic nitrogens is 2. The van der Waals surface area contributed by atoms with Crippen molar-refractivity contribution in [3.63, 3.8) is 0 Å². The minimum absolute atomic E-state index is 0.0129. The van der Waals surface area contributed by atoms with Crippen LogP contribution in [0.15, 0.2) is 60.9 Å². The standard InChI is InChI=1S/C29H24Cl2F2N2O6/c30-20-12-34-13-21(31)19(20)11-25(18-7-8-24(41-29(32)33)26(10-18)38-14-16-5-6-16)40-27(36)15-39-28(37)23-9-17-3-1-2-4-22(17)35-23/h1-4,7-10,12-13,16,25,29,35H,5-6,11,14-15H2/t25-/m0/s1. The normalized spacial score (nSPS) is 13.7. The fraction of sp³-hybridized carbons (Fsp3) is 0.276. The highest BCUT2D eigenvalue weighted by atomic mass is 35.5. The smallest absolute Gasteiger partial charge is 0.387 e. The van der Waals surface area contributed by atoms with Crippen LogP contribution in [0.4, 0.5) is 8.78 Å². The number of nitrogens with zero attached hydrogens (tertiary/aromatic N) is 1. The molecular weight excluding hydrogens is 581 g/mol. The zero-order chi connectivity index (χ0) is 28.9. The Hall–Kier alpha value is -3.89. The van der Waals surface area contributed by atoms with Crippen molar-refractivity contribution < 1.29 is 37.3 Å². The minimum Gasteiger partial charge on any atom is -0.489 e. The van der Waals surface area contributed by atoms with Crippen molar-refractivity contribution in [2.45, 2.75) is 32.0 Å². The molecule has 1 saturated carbocycles. The van der Waals surface area contributed by atoms with Gasteiger partial charge in [0.05, 0.1) is 16.7 Å². The van der Waals surface area contributed by atoms with Gasteiger partial charge >= 0.3 is 18.6 Å². The Morgan fingerprint density at radius 1 is 1.02 bits per heavy atom. The van der Waals surface area contributed by atoms with Gasteiger partial charge in [-0.3, -0.25) is 4.98 Å². The number of nitrogens with one attached hydrogen (secondary N) is 1. The summed E-state index contributed by atoms with van der Waals surface area (Å²) in [5.74, 6) is -1.32. The second-order valence-electron chi connectivity index (χ2n) is 9.45. The van der Waals surface area contributed by atoms with Crippen LogP contribution in [0.2, 0.25) is 10.0 Å². The van der Waals surface area contributed by atoms with Crippen LogP contribution in [0.25, 0.3) is 10.9 Å². The van der Waals surface area contributed by atoms with Crippen molar-refractivity contribution >= 4 is 46.0 Å². The summed E-state index contributed by atoms with van der Waals surface area (Å²) in [5, 5.41) is 1.30. The number of benzene rings is 2. The molecule has 12 heteroatoms. The van der Waals surface area contributed by atoms with Gasteiger partial charge in [-0.15, -0.1) is 0 Å². The van der Waals surface area contributed by atoms with E-state index in [4.69, 9.17) is 37.4 Å². The van der Waals surface area contributed by atoms with Crippen LogP contribution in [0, 0.1) is 5.92 Å². The second-order valence-corrected chi connectivity index (χ2v) is 10.3.